The number of hydrogen-bond acceptors (Lipinski definition) is 4. The summed E-state index contributed by atoms with van der Waals surface area (Å²) in [4.78, 5) is 2.13. The van der Waals surface area contributed by atoms with Gasteiger partial charge in [-0.2, -0.15) is 8.78 Å². The third kappa shape index (κ3) is 6.81. The SMILES string of the molecule is CC(C)[Si](C#Cc1ccc(CN2CCC[C@H]([C@](C)(O)CO)C2)c(OC(F)F)c1)(C(C)C)C(C)C. The minimum atomic E-state index is -2.92. The maximum absolute atomic E-state index is 13.2. The van der Waals surface area contributed by atoms with Gasteiger partial charge in [0.25, 0.3) is 0 Å². The second kappa shape index (κ2) is 12.0. The quantitative estimate of drug-likeness (QED) is 0.335. The van der Waals surface area contributed by atoms with Gasteiger partial charge in [-0.3, -0.25) is 4.90 Å². The number of likely N-dealkylation sites (tertiary alicyclic amines) is 1. The smallest absolute Gasteiger partial charge is 0.387 e. The topological polar surface area (TPSA) is 52.9 Å². The minimum absolute atomic E-state index is 0.0722. The molecular weight excluding hydrogens is 452 g/mol. The molecule has 192 valence electrons. The molecule has 1 fully saturated rings. The van der Waals surface area contributed by atoms with Crippen molar-refractivity contribution in [2.75, 3.05) is 19.7 Å². The molecule has 4 nitrogen and oxygen atoms in total. The number of rotatable bonds is 9. The molecule has 2 atom stereocenters. The molecule has 2 N–H and O–H groups in total. The van der Waals surface area contributed by atoms with E-state index in [-0.39, 0.29) is 18.3 Å². The lowest BCUT2D eigenvalue weighted by Gasteiger charge is -2.39. The van der Waals surface area contributed by atoms with Crippen LogP contribution >= 0.6 is 0 Å². The van der Waals surface area contributed by atoms with Gasteiger partial charge >= 0.3 is 6.61 Å². The van der Waals surface area contributed by atoms with Crippen molar-refractivity contribution in [1.29, 1.82) is 0 Å². The predicted octanol–water partition coefficient (Wildman–Crippen LogP) is 5.81. The van der Waals surface area contributed by atoms with E-state index in [1.165, 1.54) is 0 Å². The Labute approximate surface area is 205 Å². The summed E-state index contributed by atoms with van der Waals surface area (Å²) in [5.41, 5.74) is 5.31. The van der Waals surface area contributed by atoms with E-state index in [1.54, 1.807) is 13.0 Å². The maximum Gasteiger partial charge on any atom is 0.387 e. The molecule has 0 unspecified atom stereocenters. The van der Waals surface area contributed by atoms with Gasteiger partial charge < -0.3 is 14.9 Å². The normalized spacial score (nSPS) is 19.4. The number of nitrogens with zero attached hydrogens (tertiary/aromatic N) is 1. The van der Waals surface area contributed by atoms with E-state index in [1.807, 2.05) is 12.1 Å². The average molecular weight is 496 g/mol. The summed E-state index contributed by atoms with van der Waals surface area (Å²) in [5.74, 6) is 3.41. The van der Waals surface area contributed by atoms with Gasteiger partial charge in [-0.15, -0.1) is 5.54 Å². The molecule has 0 amide bonds. The molecule has 1 aliphatic rings. The van der Waals surface area contributed by atoms with Gasteiger partial charge in [0.05, 0.1) is 12.2 Å². The van der Waals surface area contributed by atoms with Gasteiger partial charge in [0.2, 0.25) is 0 Å². The van der Waals surface area contributed by atoms with Crippen LogP contribution in [0.5, 0.6) is 5.75 Å². The minimum Gasteiger partial charge on any atom is -0.434 e. The molecule has 1 aliphatic heterocycles. The second-order valence-corrected chi connectivity index (χ2v) is 16.5. The Morgan fingerprint density at radius 1 is 1.15 bits per heavy atom. The lowest BCUT2D eigenvalue weighted by atomic mass is 9.83. The maximum atomic E-state index is 13.2. The summed E-state index contributed by atoms with van der Waals surface area (Å²) in [7, 11) is -1.94. The monoisotopic (exact) mass is 495 g/mol. The Balaban J connectivity index is 2.34. The Kier molecular flexibility index (Phi) is 10.1. The largest absolute Gasteiger partial charge is 0.434 e. The van der Waals surface area contributed by atoms with E-state index >= 15 is 0 Å². The molecule has 0 aromatic heterocycles. The number of ether oxygens (including phenoxy) is 1. The van der Waals surface area contributed by atoms with Crippen molar-refractivity contribution in [2.24, 2.45) is 5.92 Å². The molecule has 0 saturated carbocycles. The summed E-state index contributed by atoms with van der Waals surface area (Å²) in [6, 6.07) is 5.37. The Bertz CT molecular complexity index is 839. The zero-order valence-electron chi connectivity index (χ0n) is 21.9. The Hall–Kier alpha value is -1.46. The highest BCUT2D eigenvalue weighted by atomic mass is 28.3. The fourth-order valence-electron chi connectivity index (χ4n) is 5.66. The summed E-state index contributed by atoms with van der Waals surface area (Å²) in [6.07, 6.45) is 1.70. The van der Waals surface area contributed by atoms with Crippen LogP contribution in [0.1, 0.15) is 72.4 Å². The van der Waals surface area contributed by atoms with Gasteiger partial charge in [-0.05, 0) is 55.1 Å². The van der Waals surface area contributed by atoms with Crippen LogP contribution in [0.2, 0.25) is 16.6 Å². The molecule has 1 saturated heterocycles. The van der Waals surface area contributed by atoms with Gasteiger partial charge in [-0.25, -0.2) is 0 Å². The first kappa shape index (κ1) is 28.8. The Morgan fingerprint density at radius 3 is 2.29 bits per heavy atom. The van der Waals surface area contributed by atoms with Crippen LogP contribution in [0.4, 0.5) is 8.78 Å². The molecule has 34 heavy (non-hydrogen) atoms. The van der Waals surface area contributed by atoms with Gasteiger partial charge in [0, 0.05) is 30.1 Å². The molecule has 0 bridgehead atoms. The third-order valence-corrected chi connectivity index (χ3v) is 14.0. The van der Waals surface area contributed by atoms with Crippen molar-refractivity contribution in [2.45, 2.75) is 96.7 Å². The lowest BCUT2D eigenvalue weighted by Crippen LogP contribution is -2.47. The zero-order chi connectivity index (χ0) is 25.7. The van der Waals surface area contributed by atoms with Crippen molar-refractivity contribution < 1.29 is 23.7 Å². The van der Waals surface area contributed by atoms with Crippen molar-refractivity contribution in [3.63, 3.8) is 0 Å². The molecular formula is C27H43F2NO3Si. The average Bonchev–Trinajstić information content (AvgIpc) is 2.75. The van der Waals surface area contributed by atoms with Crippen LogP contribution in [-0.2, 0) is 6.54 Å². The summed E-state index contributed by atoms with van der Waals surface area (Å²) in [6.45, 7) is 13.7. The highest BCUT2D eigenvalue weighted by Crippen LogP contribution is 2.41. The molecule has 0 aliphatic carbocycles. The zero-order valence-corrected chi connectivity index (χ0v) is 22.9. The van der Waals surface area contributed by atoms with E-state index in [0.29, 0.717) is 40.8 Å². The number of piperidine rings is 1. The first-order chi connectivity index (χ1) is 15.8. The second-order valence-electron chi connectivity index (χ2n) is 10.9. The number of benzene rings is 1. The Morgan fingerprint density at radius 2 is 1.76 bits per heavy atom. The van der Waals surface area contributed by atoms with Crippen molar-refractivity contribution in [3.05, 3.63) is 29.3 Å². The van der Waals surface area contributed by atoms with Gasteiger partial charge in [0.15, 0.2) is 0 Å². The van der Waals surface area contributed by atoms with Crippen molar-refractivity contribution >= 4 is 8.07 Å². The van der Waals surface area contributed by atoms with E-state index < -0.39 is 20.3 Å². The number of hydrogen-bond donors (Lipinski definition) is 2. The highest BCUT2D eigenvalue weighted by Gasteiger charge is 2.41. The van der Waals surface area contributed by atoms with Crippen LogP contribution in [0.15, 0.2) is 18.2 Å². The number of alkyl halides is 2. The number of aliphatic hydroxyl groups is 2. The standard InChI is InChI=1S/C27H43F2NO3Si/c1-19(2)34(20(3)4,21(5)6)14-12-22-10-11-23(25(15-22)33-26(28)29)16-30-13-8-9-24(17-30)27(7,32)18-31/h10-11,15,19-21,24,26,31-32H,8-9,13,16-18H2,1-7H3/t24-,27+/m0/s1. The summed E-state index contributed by atoms with van der Waals surface area (Å²) >= 11 is 0. The third-order valence-electron chi connectivity index (χ3n) is 7.67. The van der Waals surface area contributed by atoms with Crippen LogP contribution < -0.4 is 4.74 Å². The summed E-state index contributed by atoms with van der Waals surface area (Å²) in [5, 5.41) is 20.0. The first-order valence-electron chi connectivity index (χ1n) is 12.5. The van der Waals surface area contributed by atoms with Crippen molar-refractivity contribution in [1.82, 2.24) is 4.90 Å². The molecule has 7 heteroatoms. The van der Waals surface area contributed by atoms with Crippen LogP contribution in [-0.4, -0.2) is 55.1 Å². The summed E-state index contributed by atoms with van der Waals surface area (Å²) < 4.78 is 31.4. The molecule has 2 rings (SSSR count). The van der Waals surface area contributed by atoms with Crippen molar-refractivity contribution in [3.8, 4) is 17.2 Å². The number of aliphatic hydroxyl groups excluding tert-OH is 1. The van der Waals surface area contributed by atoms with E-state index in [4.69, 9.17) is 4.74 Å². The highest BCUT2D eigenvalue weighted by molar-refractivity contribution is 6.90. The number of halogens is 2. The first-order valence-corrected chi connectivity index (χ1v) is 14.7. The van der Waals surface area contributed by atoms with Gasteiger partial charge in [-0.1, -0.05) is 53.5 Å². The van der Waals surface area contributed by atoms with E-state index in [2.05, 4.69) is 57.9 Å². The van der Waals surface area contributed by atoms with Crippen LogP contribution in [0.3, 0.4) is 0 Å². The van der Waals surface area contributed by atoms with E-state index in [0.717, 1.165) is 19.4 Å². The molecule has 1 heterocycles. The predicted molar refractivity (Wildman–Crippen MR) is 137 cm³/mol. The molecule has 0 spiro atoms. The van der Waals surface area contributed by atoms with E-state index in [9.17, 15) is 19.0 Å². The lowest BCUT2D eigenvalue weighted by molar-refractivity contribution is -0.0702. The molecule has 1 aromatic rings. The molecule has 0 radical (unpaired) electrons. The fraction of sp³-hybridized carbons (Fsp3) is 0.704. The fourth-order valence-corrected chi connectivity index (χ4v) is 10.9. The van der Waals surface area contributed by atoms with Crippen LogP contribution in [0, 0.1) is 17.4 Å². The van der Waals surface area contributed by atoms with Gasteiger partial charge in [0.1, 0.15) is 13.8 Å². The molecule has 1 aromatic carbocycles. The van der Waals surface area contributed by atoms with Crippen LogP contribution in [0.25, 0.3) is 0 Å².